The average molecular weight is 353 g/mol. The summed E-state index contributed by atoms with van der Waals surface area (Å²) in [6, 6.07) is 5.29. The molecule has 0 saturated carbocycles. The van der Waals surface area contributed by atoms with E-state index in [1.165, 1.54) is 0 Å². The SMILES string of the molecule is COc1cc(NC(=O)c2n[nH]c(C(C)(C)C)n2)ccc1Br. The van der Waals surface area contributed by atoms with E-state index in [1.54, 1.807) is 25.3 Å². The average Bonchev–Trinajstić information content (AvgIpc) is 2.90. The lowest BCUT2D eigenvalue weighted by atomic mass is 9.96. The van der Waals surface area contributed by atoms with Crippen LogP contribution in [-0.4, -0.2) is 28.2 Å². The Hall–Kier alpha value is -1.89. The summed E-state index contributed by atoms with van der Waals surface area (Å²) in [5.74, 6) is 1.05. The Morgan fingerprint density at radius 3 is 2.67 bits per heavy atom. The van der Waals surface area contributed by atoms with Gasteiger partial charge in [-0.2, -0.15) is 0 Å². The van der Waals surface area contributed by atoms with Crippen molar-refractivity contribution in [2.75, 3.05) is 12.4 Å². The van der Waals surface area contributed by atoms with Crippen molar-refractivity contribution in [1.29, 1.82) is 0 Å². The summed E-state index contributed by atoms with van der Waals surface area (Å²) in [6.07, 6.45) is 0. The molecular formula is C14H17BrN4O2. The minimum Gasteiger partial charge on any atom is -0.495 e. The smallest absolute Gasteiger partial charge is 0.295 e. The van der Waals surface area contributed by atoms with Gasteiger partial charge in [0.15, 0.2) is 0 Å². The molecule has 0 saturated heterocycles. The minimum absolute atomic E-state index is 0.113. The van der Waals surface area contributed by atoms with E-state index in [0.717, 1.165) is 4.47 Å². The third-order valence-electron chi connectivity index (χ3n) is 2.81. The number of ether oxygens (including phenoxy) is 1. The molecule has 2 aromatic rings. The van der Waals surface area contributed by atoms with E-state index < -0.39 is 0 Å². The largest absolute Gasteiger partial charge is 0.495 e. The lowest BCUT2D eigenvalue weighted by Crippen LogP contribution is -2.16. The number of carbonyl (C=O) groups excluding carboxylic acids is 1. The Balaban J connectivity index is 2.16. The molecule has 0 radical (unpaired) electrons. The number of rotatable bonds is 3. The molecule has 0 aliphatic carbocycles. The molecule has 112 valence electrons. The van der Waals surface area contributed by atoms with Gasteiger partial charge in [-0.25, -0.2) is 4.98 Å². The van der Waals surface area contributed by atoms with Crippen LogP contribution < -0.4 is 10.1 Å². The van der Waals surface area contributed by atoms with E-state index >= 15 is 0 Å². The summed E-state index contributed by atoms with van der Waals surface area (Å²) in [5, 5.41) is 9.48. The third kappa shape index (κ3) is 3.60. The summed E-state index contributed by atoms with van der Waals surface area (Å²) >= 11 is 3.36. The molecule has 0 aliphatic rings. The zero-order valence-electron chi connectivity index (χ0n) is 12.3. The molecule has 0 atom stereocenters. The van der Waals surface area contributed by atoms with Crippen LogP contribution in [0, 0.1) is 0 Å². The van der Waals surface area contributed by atoms with Crippen LogP contribution in [0.3, 0.4) is 0 Å². The number of amides is 1. The van der Waals surface area contributed by atoms with Gasteiger partial charge in [-0.3, -0.25) is 9.89 Å². The van der Waals surface area contributed by atoms with Crippen LogP contribution in [0.25, 0.3) is 0 Å². The van der Waals surface area contributed by atoms with Crippen LogP contribution in [0.4, 0.5) is 5.69 Å². The topological polar surface area (TPSA) is 79.9 Å². The predicted octanol–water partition coefficient (Wildman–Crippen LogP) is 3.13. The molecule has 1 heterocycles. The lowest BCUT2D eigenvalue weighted by Gasteiger charge is -2.12. The van der Waals surface area contributed by atoms with Gasteiger partial charge in [0.05, 0.1) is 11.6 Å². The summed E-state index contributed by atoms with van der Waals surface area (Å²) in [6.45, 7) is 5.98. The molecule has 0 fully saturated rings. The molecule has 2 N–H and O–H groups in total. The van der Waals surface area contributed by atoms with Crippen LogP contribution in [-0.2, 0) is 5.41 Å². The quantitative estimate of drug-likeness (QED) is 0.889. The number of H-pyrrole nitrogens is 1. The number of methoxy groups -OCH3 is 1. The molecule has 6 nitrogen and oxygen atoms in total. The number of hydrogen-bond donors (Lipinski definition) is 2. The van der Waals surface area contributed by atoms with Gasteiger partial charge in [0, 0.05) is 17.2 Å². The van der Waals surface area contributed by atoms with E-state index in [1.807, 2.05) is 20.8 Å². The first-order chi connectivity index (χ1) is 9.81. The zero-order chi connectivity index (χ0) is 15.6. The number of nitrogens with zero attached hydrogens (tertiary/aromatic N) is 2. The molecule has 1 aromatic heterocycles. The molecular weight excluding hydrogens is 336 g/mol. The van der Waals surface area contributed by atoms with Crippen LogP contribution >= 0.6 is 15.9 Å². The van der Waals surface area contributed by atoms with E-state index in [-0.39, 0.29) is 17.1 Å². The second-order valence-electron chi connectivity index (χ2n) is 5.56. The summed E-state index contributed by atoms with van der Waals surface area (Å²) in [5.41, 5.74) is 0.425. The summed E-state index contributed by atoms with van der Waals surface area (Å²) < 4.78 is 6.00. The Kier molecular flexibility index (Phi) is 4.32. The Bertz CT molecular complexity index is 661. The van der Waals surface area contributed by atoms with Crippen molar-refractivity contribution >= 4 is 27.5 Å². The minimum atomic E-state index is -0.369. The number of nitrogens with one attached hydrogen (secondary N) is 2. The fraction of sp³-hybridized carbons (Fsp3) is 0.357. The maximum absolute atomic E-state index is 12.1. The van der Waals surface area contributed by atoms with Gasteiger partial charge >= 0.3 is 0 Å². The highest BCUT2D eigenvalue weighted by Gasteiger charge is 2.21. The fourth-order valence-electron chi connectivity index (χ4n) is 1.62. The summed E-state index contributed by atoms with van der Waals surface area (Å²) in [4.78, 5) is 16.3. The second-order valence-corrected chi connectivity index (χ2v) is 6.42. The molecule has 1 amide bonds. The van der Waals surface area contributed by atoms with Gasteiger partial charge in [-0.05, 0) is 28.1 Å². The van der Waals surface area contributed by atoms with Gasteiger partial charge in [0.25, 0.3) is 5.91 Å². The first kappa shape index (κ1) is 15.5. The molecule has 1 aromatic carbocycles. The van der Waals surface area contributed by atoms with Crippen LogP contribution in [0.5, 0.6) is 5.75 Å². The van der Waals surface area contributed by atoms with E-state index in [0.29, 0.717) is 17.3 Å². The first-order valence-electron chi connectivity index (χ1n) is 6.39. The van der Waals surface area contributed by atoms with Crippen molar-refractivity contribution in [3.05, 3.63) is 34.3 Å². The first-order valence-corrected chi connectivity index (χ1v) is 7.18. The lowest BCUT2D eigenvalue weighted by molar-refractivity contribution is 0.101. The monoisotopic (exact) mass is 352 g/mol. The Morgan fingerprint density at radius 2 is 2.10 bits per heavy atom. The Morgan fingerprint density at radius 1 is 1.38 bits per heavy atom. The van der Waals surface area contributed by atoms with E-state index in [9.17, 15) is 4.79 Å². The van der Waals surface area contributed by atoms with E-state index in [4.69, 9.17) is 4.74 Å². The number of carbonyl (C=O) groups is 1. The van der Waals surface area contributed by atoms with E-state index in [2.05, 4.69) is 36.4 Å². The van der Waals surface area contributed by atoms with Crippen LogP contribution in [0.1, 0.15) is 37.2 Å². The van der Waals surface area contributed by atoms with Crippen molar-refractivity contribution in [2.45, 2.75) is 26.2 Å². The summed E-state index contributed by atoms with van der Waals surface area (Å²) in [7, 11) is 1.57. The van der Waals surface area contributed by atoms with Gasteiger partial charge in [-0.1, -0.05) is 20.8 Å². The maximum Gasteiger partial charge on any atom is 0.295 e. The molecule has 2 rings (SSSR count). The number of hydrogen-bond acceptors (Lipinski definition) is 4. The van der Waals surface area contributed by atoms with Gasteiger partial charge in [0.2, 0.25) is 5.82 Å². The fourth-order valence-corrected chi connectivity index (χ4v) is 2.03. The molecule has 0 spiro atoms. The van der Waals surface area contributed by atoms with Crippen LogP contribution in [0.2, 0.25) is 0 Å². The van der Waals surface area contributed by atoms with Gasteiger partial charge in [-0.15, -0.1) is 5.10 Å². The van der Waals surface area contributed by atoms with Gasteiger partial charge < -0.3 is 10.1 Å². The molecule has 21 heavy (non-hydrogen) atoms. The third-order valence-corrected chi connectivity index (χ3v) is 3.46. The maximum atomic E-state index is 12.1. The number of benzene rings is 1. The number of anilines is 1. The normalized spacial score (nSPS) is 11.3. The molecule has 0 unspecified atom stereocenters. The number of halogens is 1. The van der Waals surface area contributed by atoms with Crippen molar-refractivity contribution in [3.63, 3.8) is 0 Å². The van der Waals surface area contributed by atoms with Crippen molar-refractivity contribution in [1.82, 2.24) is 15.2 Å². The van der Waals surface area contributed by atoms with Crippen molar-refractivity contribution in [3.8, 4) is 5.75 Å². The second kappa shape index (κ2) is 5.85. The highest BCUT2D eigenvalue weighted by Crippen LogP contribution is 2.28. The van der Waals surface area contributed by atoms with Gasteiger partial charge in [0.1, 0.15) is 11.6 Å². The predicted molar refractivity (Wildman–Crippen MR) is 83.7 cm³/mol. The highest BCUT2D eigenvalue weighted by molar-refractivity contribution is 9.10. The van der Waals surface area contributed by atoms with Crippen molar-refractivity contribution < 1.29 is 9.53 Å². The Labute approximate surface area is 131 Å². The highest BCUT2D eigenvalue weighted by atomic mass is 79.9. The molecule has 0 bridgehead atoms. The number of aromatic nitrogens is 3. The zero-order valence-corrected chi connectivity index (χ0v) is 13.9. The van der Waals surface area contributed by atoms with Crippen molar-refractivity contribution in [2.24, 2.45) is 0 Å². The molecule has 0 aliphatic heterocycles. The van der Waals surface area contributed by atoms with Crippen LogP contribution in [0.15, 0.2) is 22.7 Å². The standard InChI is InChI=1S/C14H17BrN4O2/c1-14(2,3)13-17-11(18-19-13)12(20)16-8-5-6-9(15)10(7-8)21-4/h5-7H,1-4H3,(H,16,20)(H,17,18,19). The number of aromatic amines is 1. The molecule has 7 heteroatoms.